The Kier molecular flexibility index (Phi) is 5.18. The van der Waals surface area contributed by atoms with Crippen molar-refractivity contribution in [3.63, 3.8) is 0 Å². The smallest absolute Gasteiger partial charge is 0.270 e. The monoisotopic (exact) mass is 406 g/mol. The number of fused-ring (bicyclic) bond motifs is 3. The number of nitrogens with zero attached hydrogens (tertiary/aromatic N) is 1. The van der Waals surface area contributed by atoms with Crippen LogP contribution in [0.4, 0.5) is 0 Å². The number of carbonyl (C=O) groups is 2. The van der Waals surface area contributed by atoms with Crippen LogP contribution in [0.15, 0.2) is 60.8 Å². The van der Waals surface area contributed by atoms with Crippen molar-refractivity contribution < 1.29 is 9.59 Å². The highest BCUT2D eigenvalue weighted by molar-refractivity contribution is 6.30. The van der Waals surface area contributed by atoms with Gasteiger partial charge in [-0.2, -0.15) is 0 Å². The Morgan fingerprint density at radius 2 is 1.90 bits per heavy atom. The average molecular weight is 407 g/mol. The predicted molar refractivity (Wildman–Crippen MR) is 114 cm³/mol. The number of aromatic nitrogens is 2. The molecule has 4 rings (SSSR count). The highest BCUT2D eigenvalue weighted by Crippen LogP contribution is 2.25. The molecule has 0 saturated heterocycles. The van der Waals surface area contributed by atoms with E-state index < -0.39 is 11.9 Å². The third-order valence-corrected chi connectivity index (χ3v) is 4.95. The van der Waals surface area contributed by atoms with Crippen molar-refractivity contribution in [1.29, 1.82) is 0 Å². The summed E-state index contributed by atoms with van der Waals surface area (Å²) in [4.78, 5) is 32.4. The van der Waals surface area contributed by atoms with Gasteiger partial charge in [-0.15, -0.1) is 0 Å². The molecule has 0 aliphatic heterocycles. The van der Waals surface area contributed by atoms with Gasteiger partial charge in [0.1, 0.15) is 11.7 Å². The summed E-state index contributed by atoms with van der Waals surface area (Å²) in [6, 6.07) is 16.1. The van der Waals surface area contributed by atoms with Crippen molar-refractivity contribution in [2.75, 3.05) is 0 Å². The van der Waals surface area contributed by atoms with E-state index in [1.165, 1.54) is 0 Å². The van der Waals surface area contributed by atoms with Crippen molar-refractivity contribution >= 4 is 45.2 Å². The number of nitrogens with one attached hydrogen (secondary N) is 3. The first kappa shape index (κ1) is 19.0. The minimum Gasteiger partial charge on any atom is -0.353 e. The number of carbonyl (C=O) groups excluding carboxylic acids is 2. The maximum absolute atomic E-state index is 12.6. The Morgan fingerprint density at radius 3 is 2.72 bits per heavy atom. The van der Waals surface area contributed by atoms with E-state index in [-0.39, 0.29) is 11.6 Å². The van der Waals surface area contributed by atoms with E-state index in [0.717, 1.165) is 27.4 Å². The van der Waals surface area contributed by atoms with Crippen molar-refractivity contribution in [1.82, 2.24) is 20.6 Å². The van der Waals surface area contributed by atoms with Crippen molar-refractivity contribution in [2.24, 2.45) is 0 Å². The molecule has 0 spiro atoms. The molecule has 4 aromatic rings. The van der Waals surface area contributed by atoms with Crippen LogP contribution in [0, 0.1) is 0 Å². The largest absolute Gasteiger partial charge is 0.353 e. The number of hydrogen-bond donors (Lipinski definition) is 3. The second-order valence-electron chi connectivity index (χ2n) is 6.83. The molecule has 0 fully saturated rings. The number of benzene rings is 2. The number of H-pyrrole nitrogens is 1. The molecule has 2 amide bonds. The summed E-state index contributed by atoms with van der Waals surface area (Å²) in [5, 5.41) is 8.04. The lowest BCUT2D eigenvalue weighted by Crippen LogP contribution is -2.44. The number of aromatic amines is 1. The summed E-state index contributed by atoms with van der Waals surface area (Å²) in [5.74, 6) is -0.686. The fourth-order valence-electron chi connectivity index (χ4n) is 3.20. The fraction of sp³-hybridized carbons (Fsp3) is 0.136. The van der Waals surface area contributed by atoms with Gasteiger partial charge in [0.25, 0.3) is 5.91 Å². The highest BCUT2D eigenvalue weighted by atomic mass is 35.5. The molecule has 29 heavy (non-hydrogen) atoms. The SMILES string of the molecule is CC(NC(=O)c1cc2c(cn1)[nH]c1ccccc12)C(=O)NCc1cccc(Cl)c1. The van der Waals surface area contributed by atoms with Gasteiger partial charge in [0, 0.05) is 27.9 Å². The van der Waals surface area contributed by atoms with E-state index in [0.29, 0.717) is 11.6 Å². The molecular weight excluding hydrogens is 388 g/mol. The first-order valence-electron chi connectivity index (χ1n) is 9.21. The predicted octanol–water partition coefficient (Wildman–Crippen LogP) is 3.80. The molecule has 146 valence electrons. The topological polar surface area (TPSA) is 86.9 Å². The van der Waals surface area contributed by atoms with Gasteiger partial charge in [0.05, 0.1) is 11.7 Å². The van der Waals surface area contributed by atoms with E-state index in [1.807, 2.05) is 36.4 Å². The van der Waals surface area contributed by atoms with Crippen LogP contribution in [0.25, 0.3) is 21.8 Å². The second kappa shape index (κ2) is 7.93. The van der Waals surface area contributed by atoms with Gasteiger partial charge in [-0.25, -0.2) is 4.98 Å². The molecule has 1 unspecified atom stereocenters. The van der Waals surface area contributed by atoms with Crippen molar-refractivity contribution in [2.45, 2.75) is 19.5 Å². The first-order chi connectivity index (χ1) is 14.0. The van der Waals surface area contributed by atoms with Gasteiger partial charge in [0.15, 0.2) is 0 Å². The van der Waals surface area contributed by atoms with Crippen LogP contribution in [0.5, 0.6) is 0 Å². The Hall–Kier alpha value is -3.38. The number of rotatable bonds is 5. The maximum Gasteiger partial charge on any atom is 0.270 e. The summed E-state index contributed by atoms with van der Waals surface area (Å²) in [7, 11) is 0. The summed E-state index contributed by atoms with van der Waals surface area (Å²) in [6.07, 6.45) is 1.63. The maximum atomic E-state index is 12.6. The van der Waals surface area contributed by atoms with Crippen LogP contribution in [0.2, 0.25) is 5.02 Å². The van der Waals surface area contributed by atoms with Gasteiger partial charge < -0.3 is 15.6 Å². The summed E-state index contributed by atoms with van der Waals surface area (Å²) < 4.78 is 0. The normalized spacial score (nSPS) is 12.1. The molecule has 7 heteroatoms. The average Bonchev–Trinajstić information content (AvgIpc) is 3.10. The number of amides is 2. The molecule has 2 heterocycles. The van der Waals surface area contributed by atoms with E-state index in [9.17, 15) is 9.59 Å². The molecule has 2 aromatic heterocycles. The highest BCUT2D eigenvalue weighted by Gasteiger charge is 2.18. The Balaban J connectivity index is 1.44. The fourth-order valence-corrected chi connectivity index (χ4v) is 3.41. The van der Waals surface area contributed by atoms with Gasteiger partial charge in [-0.05, 0) is 36.8 Å². The number of pyridine rings is 1. The Labute approximate surface area is 172 Å². The Bertz CT molecular complexity index is 1220. The number of hydrogen-bond acceptors (Lipinski definition) is 3. The zero-order chi connectivity index (χ0) is 20.4. The molecule has 3 N–H and O–H groups in total. The molecule has 0 aliphatic rings. The van der Waals surface area contributed by atoms with Gasteiger partial charge in [-0.1, -0.05) is 41.9 Å². The number of halogens is 1. The third-order valence-electron chi connectivity index (χ3n) is 4.72. The molecular formula is C22H19ClN4O2. The zero-order valence-corrected chi connectivity index (χ0v) is 16.5. The van der Waals surface area contributed by atoms with Crippen LogP contribution < -0.4 is 10.6 Å². The van der Waals surface area contributed by atoms with Gasteiger partial charge in [-0.3, -0.25) is 9.59 Å². The molecule has 0 saturated carbocycles. The van der Waals surface area contributed by atoms with Gasteiger partial charge >= 0.3 is 0 Å². The lowest BCUT2D eigenvalue weighted by atomic mass is 10.1. The van der Waals surface area contributed by atoms with Crippen molar-refractivity contribution in [3.8, 4) is 0 Å². The van der Waals surface area contributed by atoms with Crippen LogP contribution in [0.3, 0.4) is 0 Å². The van der Waals surface area contributed by atoms with E-state index in [2.05, 4.69) is 20.6 Å². The van der Waals surface area contributed by atoms with Crippen LogP contribution in [-0.2, 0) is 11.3 Å². The lowest BCUT2D eigenvalue weighted by molar-refractivity contribution is -0.122. The molecule has 6 nitrogen and oxygen atoms in total. The molecule has 1 atom stereocenters. The summed E-state index contributed by atoms with van der Waals surface area (Å²) in [6.45, 7) is 1.97. The summed E-state index contributed by atoms with van der Waals surface area (Å²) >= 11 is 5.95. The van der Waals surface area contributed by atoms with E-state index in [4.69, 9.17) is 11.6 Å². The molecule has 0 aliphatic carbocycles. The molecule has 0 bridgehead atoms. The lowest BCUT2D eigenvalue weighted by Gasteiger charge is -2.14. The van der Waals surface area contributed by atoms with Crippen LogP contribution in [0.1, 0.15) is 23.0 Å². The van der Waals surface area contributed by atoms with Crippen molar-refractivity contribution in [3.05, 3.63) is 77.1 Å². The third kappa shape index (κ3) is 4.07. The Morgan fingerprint density at radius 1 is 1.07 bits per heavy atom. The molecule has 2 aromatic carbocycles. The summed E-state index contributed by atoms with van der Waals surface area (Å²) in [5.41, 5.74) is 2.98. The quantitative estimate of drug-likeness (QED) is 0.471. The second-order valence-corrected chi connectivity index (χ2v) is 7.27. The van der Waals surface area contributed by atoms with E-state index in [1.54, 1.807) is 31.3 Å². The van der Waals surface area contributed by atoms with Gasteiger partial charge in [0.2, 0.25) is 5.91 Å². The number of para-hydroxylation sites is 1. The minimum absolute atomic E-state index is 0.261. The van der Waals surface area contributed by atoms with Crippen LogP contribution in [-0.4, -0.2) is 27.8 Å². The van der Waals surface area contributed by atoms with E-state index >= 15 is 0 Å². The molecule has 0 radical (unpaired) electrons. The van der Waals surface area contributed by atoms with Crippen LogP contribution >= 0.6 is 11.6 Å². The first-order valence-corrected chi connectivity index (χ1v) is 9.58. The minimum atomic E-state index is -0.706. The zero-order valence-electron chi connectivity index (χ0n) is 15.7. The standard InChI is InChI=1S/C22H19ClN4O2/c1-13(21(28)25-11-14-5-4-6-15(23)9-14)26-22(29)19-10-17-16-7-2-3-8-18(16)27-20(17)12-24-19/h2-10,12-13,27H,11H2,1H3,(H,25,28)(H,26,29).